The predicted molar refractivity (Wildman–Crippen MR) is 170 cm³/mol. The third-order valence-electron chi connectivity index (χ3n) is 7.97. The predicted octanol–water partition coefficient (Wildman–Crippen LogP) is 4.50. The summed E-state index contributed by atoms with van der Waals surface area (Å²) in [4.78, 5) is 27.9. The van der Waals surface area contributed by atoms with Gasteiger partial charge in [-0.05, 0) is 73.8 Å². The van der Waals surface area contributed by atoms with Gasteiger partial charge in [0.15, 0.2) is 0 Å². The van der Waals surface area contributed by atoms with Crippen LogP contribution in [0.4, 0.5) is 10.6 Å². The number of rotatable bonds is 10. The standard InChI is InChI=1S/C31H39Cl2N7O3/c1-34-31(42)36-19-22-4-6-39(7-5-22)21-23-14-28(24-16-25(32)18-26(33)17-24)37-30(15-23)43-27-2-3-29(35-20-27)40-10-8-38(9-11-40)12-13-41/h2-3,14-18,20,22,41H,4-13,19,21H2,1H3,(H2,34,36,42). The Morgan fingerprint density at radius 2 is 1.74 bits per heavy atom. The lowest BCUT2D eigenvalue weighted by Gasteiger charge is -2.35. The highest BCUT2D eigenvalue weighted by atomic mass is 35.5. The summed E-state index contributed by atoms with van der Waals surface area (Å²) in [5, 5.41) is 15.8. The van der Waals surface area contributed by atoms with Gasteiger partial charge in [0, 0.05) is 74.5 Å². The van der Waals surface area contributed by atoms with Crippen molar-refractivity contribution in [3.8, 4) is 22.9 Å². The smallest absolute Gasteiger partial charge is 0.314 e. The lowest BCUT2D eigenvalue weighted by molar-refractivity contribution is 0.175. The molecule has 0 unspecified atom stereocenters. The molecule has 43 heavy (non-hydrogen) atoms. The second-order valence-electron chi connectivity index (χ2n) is 11.0. The molecule has 3 N–H and O–H groups in total. The maximum absolute atomic E-state index is 11.6. The molecule has 2 amide bonds. The van der Waals surface area contributed by atoms with E-state index in [9.17, 15) is 9.90 Å². The average Bonchev–Trinajstić information content (AvgIpc) is 3.01. The van der Waals surface area contributed by atoms with Gasteiger partial charge in [0.2, 0.25) is 5.88 Å². The van der Waals surface area contributed by atoms with E-state index in [1.54, 1.807) is 19.3 Å². The summed E-state index contributed by atoms with van der Waals surface area (Å²) >= 11 is 12.7. The molecular weight excluding hydrogens is 589 g/mol. The van der Waals surface area contributed by atoms with Crippen molar-refractivity contribution in [3.05, 3.63) is 64.3 Å². The van der Waals surface area contributed by atoms with Crippen molar-refractivity contribution >= 4 is 35.1 Å². The summed E-state index contributed by atoms with van der Waals surface area (Å²) < 4.78 is 6.25. The second-order valence-corrected chi connectivity index (χ2v) is 11.9. The van der Waals surface area contributed by atoms with E-state index >= 15 is 0 Å². The monoisotopic (exact) mass is 627 g/mol. The number of ether oxygens (including phenoxy) is 1. The van der Waals surface area contributed by atoms with E-state index in [2.05, 4.69) is 36.4 Å². The number of aliphatic hydroxyl groups excluding tert-OH is 1. The summed E-state index contributed by atoms with van der Waals surface area (Å²) in [6, 6.07) is 13.2. The van der Waals surface area contributed by atoms with Crippen LogP contribution in [0.15, 0.2) is 48.7 Å². The van der Waals surface area contributed by atoms with Gasteiger partial charge >= 0.3 is 6.03 Å². The second kappa shape index (κ2) is 15.0. The van der Waals surface area contributed by atoms with Gasteiger partial charge < -0.3 is 25.4 Å². The summed E-state index contributed by atoms with van der Waals surface area (Å²) in [6.07, 6.45) is 3.77. The zero-order valence-corrected chi connectivity index (χ0v) is 25.9. The number of piperazine rings is 1. The fraction of sp³-hybridized carbons (Fsp3) is 0.452. The number of β-amino-alcohol motifs (C(OH)–C–C–N with tert-alkyl or cyclic N) is 1. The Morgan fingerprint density at radius 3 is 2.40 bits per heavy atom. The third kappa shape index (κ3) is 8.93. The minimum atomic E-state index is -0.137. The zero-order chi connectivity index (χ0) is 30.2. The van der Waals surface area contributed by atoms with Crippen LogP contribution in [0.2, 0.25) is 10.0 Å². The molecule has 2 saturated heterocycles. The number of carbonyl (C=O) groups excluding carboxylic acids is 1. The molecule has 2 aliphatic heterocycles. The number of hydrogen-bond donors (Lipinski definition) is 3. The van der Waals surface area contributed by atoms with Gasteiger partial charge in [-0.1, -0.05) is 23.2 Å². The Balaban J connectivity index is 1.28. The van der Waals surface area contributed by atoms with Crippen LogP contribution in [-0.2, 0) is 6.54 Å². The SMILES string of the molecule is CNC(=O)NCC1CCN(Cc2cc(Oc3ccc(N4CCN(CCO)CC4)nc3)nc(-c3cc(Cl)cc(Cl)c3)c2)CC1. The number of likely N-dealkylation sites (tertiary alicyclic amines) is 1. The average molecular weight is 629 g/mol. The molecule has 3 aromatic rings. The number of pyridine rings is 2. The van der Waals surface area contributed by atoms with Gasteiger partial charge in [-0.2, -0.15) is 0 Å². The van der Waals surface area contributed by atoms with Crippen LogP contribution in [0.1, 0.15) is 18.4 Å². The molecule has 0 saturated carbocycles. The first-order valence-corrected chi connectivity index (χ1v) is 15.5. The van der Waals surface area contributed by atoms with E-state index in [0.717, 1.165) is 81.3 Å². The van der Waals surface area contributed by atoms with Crippen molar-refractivity contribution in [1.82, 2.24) is 30.4 Å². The molecule has 0 atom stereocenters. The molecule has 4 heterocycles. The summed E-state index contributed by atoms with van der Waals surface area (Å²) in [7, 11) is 1.63. The summed E-state index contributed by atoms with van der Waals surface area (Å²) in [6.45, 7) is 7.74. The molecule has 0 radical (unpaired) electrons. The molecule has 230 valence electrons. The van der Waals surface area contributed by atoms with Crippen molar-refractivity contribution in [2.24, 2.45) is 5.92 Å². The molecule has 2 aromatic heterocycles. The first-order chi connectivity index (χ1) is 20.9. The maximum Gasteiger partial charge on any atom is 0.314 e. The number of halogens is 2. The van der Waals surface area contributed by atoms with E-state index in [-0.39, 0.29) is 12.6 Å². The fourth-order valence-corrected chi connectivity index (χ4v) is 6.09. The van der Waals surface area contributed by atoms with Crippen LogP contribution < -0.4 is 20.3 Å². The Kier molecular flexibility index (Phi) is 10.9. The molecule has 0 aliphatic carbocycles. The minimum Gasteiger partial charge on any atom is -0.437 e. The summed E-state index contributed by atoms with van der Waals surface area (Å²) in [5.41, 5.74) is 2.62. The van der Waals surface area contributed by atoms with E-state index in [4.69, 9.17) is 32.9 Å². The van der Waals surface area contributed by atoms with Gasteiger partial charge in [0.1, 0.15) is 11.6 Å². The zero-order valence-electron chi connectivity index (χ0n) is 24.4. The summed E-state index contributed by atoms with van der Waals surface area (Å²) in [5.74, 6) is 2.45. The number of carbonyl (C=O) groups is 1. The van der Waals surface area contributed by atoms with Crippen molar-refractivity contribution in [2.45, 2.75) is 19.4 Å². The maximum atomic E-state index is 11.6. The number of nitrogens with one attached hydrogen (secondary N) is 2. The highest BCUT2D eigenvalue weighted by Crippen LogP contribution is 2.31. The van der Waals surface area contributed by atoms with Gasteiger partial charge in [-0.15, -0.1) is 0 Å². The lowest BCUT2D eigenvalue weighted by atomic mass is 9.96. The van der Waals surface area contributed by atoms with Gasteiger partial charge in [0.05, 0.1) is 18.5 Å². The highest BCUT2D eigenvalue weighted by molar-refractivity contribution is 6.35. The molecule has 2 aliphatic rings. The van der Waals surface area contributed by atoms with Crippen molar-refractivity contribution < 1.29 is 14.6 Å². The Hall–Kier alpha value is -3.15. The number of urea groups is 1. The largest absolute Gasteiger partial charge is 0.437 e. The van der Waals surface area contributed by atoms with Crippen LogP contribution >= 0.6 is 23.2 Å². The van der Waals surface area contributed by atoms with Gasteiger partial charge in [-0.3, -0.25) is 9.80 Å². The number of amides is 2. The number of aliphatic hydroxyl groups is 1. The van der Waals surface area contributed by atoms with E-state index in [1.807, 2.05) is 30.3 Å². The van der Waals surface area contributed by atoms with Crippen LogP contribution in [0.3, 0.4) is 0 Å². The molecular formula is C31H39Cl2N7O3. The lowest BCUT2D eigenvalue weighted by Crippen LogP contribution is -2.47. The van der Waals surface area contributed by atoms with E-state index < -0.39 is 0 Å². The number of benzene rings is 1. The topological polar surface area (TPSA) is 106 Å². The highest BCUT2D eigenvalue weighted by Gasteiger charge is 2.21. The Bertz CT molecular complexity index is 1340. The fourth-order valence-electron chi connectivity index (χ4n) is 5.57. The number of hydrogen-bond acceptors (Lipinski definition) is 8. The number of aromatic nitrogens is 2. The molecule has 5 rings (SSSR count). The molecule has 12 heteroatoms. The normalized spacial score (nSPS) is 16.7. The van der Waals surface area contributed by atoms with Crippen LogP contribution in [0, 0.1) is 5.92 Å². The van der Waals surface area contributed by atoms with Crippen molar-refractivity contribution in [2.75, 3.05) is 70.9 Å². The molecule has 1 aromatic carbocycles. The number of nitrogens with zero attached hydrogens (tertiary/aromatic N) is 5. The van der Waals surface area contributed by atoms with Gasteiger partial charge in [0.25, 0.3) is 0 Å². The van der Waals surface area contributed by atoms with Crippen molar-refractivity contribution in [3.63, 3.8) is 0 Å². The van der Waals surface area contributed by atoms with E-state index in [1.165, 1.54) is 0 Å². The molecule has 0 spiro atoms. The minimum absolute atomic E-state index is 0.137. The molecule has 2 fully saturated rings. The Morgan fingerprint density at radius 1 is 1.00 bits per heavy atom. The first-order valence-electron chi connectivity index (χ1n) is 14.8. The van der Waals surface area contributed by atoms with Crippen molar-refractivity contribution in [1.29, 1.82) is 0 Å². The number of piperidine rings is 1. The van der Waals surface area contributed by atoms with Crippen LogP contribution in [-0.4, -0.2) is 96.9 Å². The van der Waals surface area contributed by atoms with Crippen LogP contribution in [0.25, 0.3) is 11.3 Å². The third-order valence-corrected chi connectivity index (χ3v) is 8.40. The van der Waals surface area contributed by atoms with Gasteiger partial charge in [-0.25, -0.2) is 14.8 Å². The Labute approximate surface area is 263 Å². The molecule has 0 bridgehead atoms. The first kappa shape index (κ1) is 31.3. The van der Waals surface area contributed by atoms with Crippen LogP contribution in [0.5, 0.6) is 11.6 Å². The quantitative estimate of drug-likeness (QED) is 0.302. The number of anilines is 1. The van der Waals surface area contributed by atoms with E-state index in [0.29, 0.717) is 40.7 Å². The molecule has 10 nitrogen and oxygen atoms in total.